The van der Waals surface area contributed by atoms with Crippen molar-refractivity contribution in [2.45, 2.75) is 39.2 Å². The average molecular weight is 265 g/mol. The largest absolute Gasteiger partial charge is 0.384 e. The van der Waals surface area contributed by atoms with Crippen LogP contribution < -0.4 is 5.32 Å². The van der Waals surface area contributed by atoms with Crippen molar-refractivity contribution in [1.29, 1.82) is 0 Å². The highest BCUT2D eigenvalue weighted by Gasteiger charge is 2.12. The lowest BCUT2D eigenvalue weighted by molar-refractivity contribution is 0.0938. The van der Waals surface area contributed by atoms with Crippen LogP contribution in [0.3, 0.4) is 0 Å². The fraction of sp³-hybridized carbons (Fsp3) is 0.500. The fourth-order valence-corrected chi connectivity index (χ4v) is 2.42. The fourth-order valence-electron chi connectivity index (χ4n) is 1.64. The molecule has 0 saturated heterocycles. The second kappa shape index (κ2) is 7.91. The van der Waals surface area contributed by atoms with Crippen LogP contribution in [0.5, 0.6) is 0 Å². The lowest BCUT2D eigenvalue weighted by Crippen LogP contribution is -2.33. The molecule has 0 fully saturated rings. The second-order valence-electron chi connectivity index (χ2n) is 3.99. The molecule has 98 valence electrons. The minimum Gasteiger partial charge on any atom is -0.384 e. The van der Waals surface area contributed by atoms with Crippen LogP contribution in [-0.4, -0.2) is 23.7 Å². The summed E-state index contributed by atoms with van der Waals surface area (Å²) in [6.45, 7) is 4.03. The lowest BCUT2D eigenvalue weighted by atomic mass is 10.1. The summed E-state index contributed by atoms with van der Waals surface area (Å²) < 4.78 is 0. The van der Waals surface area contributed by atoms with Crippen molar-refractivity contribution in [2.24, 2.45) is 0 Å². The third kappa shape index (κ3) is 4.52. The van der Waals surface area contributed by atoms with E-state index in [-0.39, 0.29) is 18.6 Å². The van der Waals surface area contributed by atoms with Gasteiger partial charge in [-0.2, -0.15) is 0 Å². The van der Waals surface area contributed by atoms with Gasteiger partial charge in [0.25, 0.3) is 5.91 Å². The van der Waals surface area contributed by atoms with E-state index >= 15 is 0 Å². The smallest absolute Gasteiger partial charge is 0.261 e. The zero-order valence-electron chi connectivity index (χ0n) is 10.8. The molecular formula is C14H19NO2S. The van der Waals surface area contributed by atoms with Crippen molar-refractivity contribution < 1.29 is 9.90 Å². The minimum atomic E-state index is -0.159. The van der Waals surface area contributed by atoms with E-state index in [1.54, 1.807) is 6.07 Å². The van der Waals surface area contributed by atoms with Gasteiger partial charge in [-0.15, -0.1) is 11.3 Å². The Balaban J connectivity index is 2.63. The van der Waals surface area contributed by atoms with Crippen LogP contribution in [0, 0.1) is 11.8 Å². The van der Waals surface area contributed by atoms with Gasteiger partial charge < -0.3 is 10.4 Å². The molecule has 0 saturated carbocycles. The maximum absolute atomic E-state index is 12.0. The average Bonchev–Trinajstić information content (AvgIpc) is 2.84. The molecule has 0 radical (unpaired) electrons. The number of hydrogen-bond acceptors (Lipinski definition) is 3. The van der Waals surface area contributed by atoms with Crippen molar-refractivity contribution >= 4 is 17.2 Å². The van der Waals surface area contributed by atoms with Crippen molar-refractivity contribution in [3.05, 3.63) is 21.9 Å². The number of rotatable bonds is 5. The summed E-state index contributed by atoms with van der Waals surface area (Å²) in [5, 5.41) is 11.6. The van der Waals surface area contributed by atoms with Crippen molar-refractivity contribution in [3.63, 3.8) is 0 Å². The SMILES string of the molecule is CCCC(CC)NC(=O)c1ccc(C#CCO)s1. The molecule has 1 amide bonds. The Morgan fingerprint density at radius 3 is 2.89 bits per heavy atom. The number of nitrogens with one attached hydrogen (secondary N) is 1. The van der Waals surface area contributed by atoms with Gasteiger partial charge in [0.05, 0.1) is 9.75 Å². The zero-order valence-corrected chi connectivity index (χ0v) is 11.6. The van der Waals surface area contributed by atoms with Gasteiger partial charge in [0.15, 0.2) is 0 Å². The van der Waals surface area contributed by atoms with Gasteiger partial charge in [-0.25, -0.2) is 0 Å². The summed E-state index contributed by atoms with van der Waals surface area (Å²) in [5.41, 5.74) is 0. The summed E-state index contributed by atoms with van der Waals surface area (Å²) in [6.07, 6.45) is 3.02. The van der Waals surface area contributed by atoms with Gasteiger partial charge in [0.2, 0.25) is 0 Å². The molecule has 0 aliphatic heterocycles. The van der Waals surface area contributed by atoms with Crippen LogP contribution in [0.15, 0.2) is 12.1 Å². The van der Waals surface area contributed by atoms with Gasteiger partial charge in [0.1, 0.15) is 6.61 Å². The minimum absolute atomic E-state index is 0.0302. The zero-order chi connectivity index (χ0) is 13.4. The van der Waals surface area contributed by atoms with Gasteiger partial charge in [-0.05, 0) is 25.0 Å². The molecule has 1 rings (SSSR count). The normalized spacial score (nSPS) is 11.5. The third-order valence-corrected chi connectivity index (χ3v) is 3.59. The van der Waals surface area contributed by atoms with E-state index in [0.717, 1.165) is 24.1 Å². The molecule has 3 nitrogen and oxygen atoms in total. The standard InChI is InChI=1S/C14H19NO2S/c1-3-6-11(4-2)15-14(17)13-9-8-12(18-13)7-5-10-16/h8-9,11,16H,3-4,6,10H2,1-2H3,(H,15,17). The van der Waals surface area contributed by atoms with E-state index in [2.05, 4.69) is 31.0 Å². The van der Waals surface area contributed by atoms with Gasteiger partial charge in [-0.1, -0.05) is 32.1 Å². The Kier molecular flexibility index (Phi) is 6.48. The quantitative estimate of drug-likeness (QED) is 0.803. The molecule has 0 spiro atoms. The summed E-state index contributed by atoms with van der Waals surface area (Å²) in [7, 11) is 0. The maximum Gasteiger partial charge on any atom is 0.261 e. The van der Waals surface area contributed by atoms with E-state index in [1.165, 1.54) is 11.3 Å². The van der Waals surface area contributed by atoms with Crippen LogP contribution in [0.2, 0.25) is 0 Å². The highest BCUT2D eigenvalue weighted by molar-refractivity contribution is 7.14. The Morgan fingerprint density at radius 2 is 2.28 bits per heavy atom. The van der Waals surface area contributed by atoms with Gasteiger partial charge in [0, 0.05) is 6.04 Å². The molecule has 0 bridgehead atoms. The summed E-state index contributed by atoms with van der Waals surface area (Å²) in [6, 6.07) is 3.83. The first-order chi connectivity index (χ1) is 8.71. The second-order valence-corrected chi connectivity index (χ2v) is 5.07. The van der Waals surface area contributed by atoms with Crippen molar-refractivity contribution in [3.8, 4) is 11.8 Å². The van der Waals surface area contributed by atoms with E-state index in [9.17, 15) is 4.79 Å². The van der Waals surface area contributed by atoms with Crippen LogP contribution >= 0.6 is 11.3 Å². The number of carbonyl (C=O) groups is 1. The summed E-state index contributed by atoms with van der Waals surface area (Å²) in [5.74, 6) is 5.34. The summed E-state index contributed by atoms with van der Waals surface area (Å²) >= 11 is 1.35. The first kappa shape index (κ1) is 14.7. The van der Waals surface area contributed by atoms with Gasteiger partial charge >= 0.3 is 0 Å². The molecule has 18 heavy (non-hydrogen) atoms. The van der Waals surface area contributed by atoms with Gasteiger partial charge in [-0.3, -0.25) is 4.79 Å². The third-order valence-electron chi connectivity index (χ3n) is 2.59. The Hall–Kier alpha value is -1.31. The number of aliphatic hydroxyl groups excluding tert-OH is 1. The summed E-state index contributed by atoms with van der Waals surface area (Å²) in [4.78, 5) is 13.5. The molecule has 2 N–H and O–H groups in total. The number of hydrogen-bond donors (Lipinski definition) is 2. The maximum atomic E-state index is 12.0. The first-order valence-electron chi connectivity index (χ1n) is 6.21. The molecule has 0 aliphatic rings. The van der Waals surface area contributed by atoms with E-state index < -0.39 is 0 Å². The molecule has 0 aliphatic carbocycles. The van der Waals surface area contributed by atoms with Crippen molar-refractivity contribution in [2.75, 3.05) is 6.61 Å². The number of carbonyl (C=O) groups excluding carboxylic acids is 1. The molecule has 1 atom stereocenters. The number of amides is 1. The number of aliphatic hydroxyl groups is 1. The molecule has 1 unspecified atom stereocenters. The van der Waals surface area contributed by atoms with Crippen LogP contribution in [0.25, 0.3) is 0 Å². The first-order valence-corrected chi connectivity index (χ1v) is 7.03. The molecular weight excluding hydrogens is 246 g/mol. The van der Waals surface area contributed by atoms with Crippen LogP contribution in [-0.2, 0) is 0 Å². The predicted octanol–water partition coefficient (Wildman–Crippen LogP) is 2.40. The Bertz CT molecular complexity index is 442. The Morgan fingerprint density at radius 1 is 1.50 bits per heavy atom. The molecule has 4 heteroatoms. The van der Waals surface area contributed by atoms with Crippen LogP contribution in [0.1, 0.15) is 47.7 Å². The molecule has 0 aromatic carbocycles. The molecule has 1 aromatic heterocycles. The molecule has 1 aromatic rings. The Labute approximate surface area is 112 Å². The van der Waals surface area contributed by atoms with E-state index in [1.807, 2.05) is 6.07 Å². The number of thiophene rings is 1. The van der Waals surface area contributed by atoms with E-state index in [4.69, 9.17) is 5.11 Å². The van der Waals surface area contributed by atoms with Crippen molar-refractivity contribution in [1.82, 2.24) is 5.32 Å². The lowest BCUT2D eigenvalue weighted by Gasteiger charge is -2.15. The highest BCUT2D eigenvalue weighted by Crippen LogP contribution is 2.16. The molecule has 1 heterocycles. The topological polar surface area (TPSA) is 49.3 Å². The monoisotopic (exact) mass is 265 g/mol. The van der Waals surface area contributed by atoms with E-state index in [0.29, 0.717) is 4.88 Å². The highest BCUT2D eigenvalue weighted by atomic mass is 32.1. The predicted molar refractivity (Wildman–Crippen MR) is 74.7 cm³/mol. The van der Waals surface area contributed by atoms with Crippen LogP contribution in [0.4, 0.5) is 0 Å².